The van der Waals surface area contributed by atoms with Crippen molar-refractivity contribution in [2.24, 2.45) is 0 Å². The third-order valence-corrected chi connectivity index (χ3v) is 4.41. The van der Waals surface area contributed by atoms with Crippen molar-refractivity contribution < 1.29 is 9.18 Å². The van der Waals surface area contributed by atoms with Gasteiger partial charge in [-0.3, -0.25) is 9.59 Å². The number of aromatic nitrogens is 3. The van der Waals surface area contributed by atoms with Gasteiger partial charge in [0.25, 0.3) is 11.5 Å². The second-order valence-electron chi connectivity index (χ2n) is 6.39. The van der Waals surface area contributed by atoms with Gasteiger partial charge in [-0.1, -0.05) is 12.1 Å². The van der Waals surface area contributed by atoms with Gasteiger partial charge in [0, 0.05) is 35.4 Å². The van der Waals surface area contributed by atoms with E-state index in [9.17, 15) is 19.2 Å². The van der Waals surface area contributed by atoms with Crippen LogP contribution in [0.15, 0.2) is 65.8 Å². The number of H-pyrrole nitrogens is 1. The Morgan fingerprint density at radius 1 is 1.24 bits per heavy atom. The molecule has 2 heterocycles. The number of nitrogens with zero attached hydrogens (tertiary/aromatic N) is 3. The molecule has 0 spiro atoms. The fourth-order valence-corrected chi connectivity index (χ4v) is 3.11. The second-order valence-corrected chi connectivity index (χ2v) is 6.39. The summed E-state index contributed by atoms with van der Waals surface area (Å²) in [5.74, 6) is -0.856. The molecule has 29 heavy (non-hydrogen) atoms. The van der Waals surface area contributed by atoms with Crippen molar-refractivity contribution in [3.05, 3.63) is 94.0 Å². The van der Waals surface area contributed by atoms with Crippen LogP contribution in [0.4, 0.5) is 10.1 Å². The van der Waals surface area contributed by atoms with Crippen LogP contribution in [0.3, 0.4) is 0 Å². The van der Waals surface area contributed by atoms with E-state index in [2.05, 4.69) is 21.4 Å². The Bertz CT molecular complexity index is 1330. The molecule has 0 fully saturated rings. The molecule has 4 aromatic rings. The molecule has 2 aromatic carbocycles. The number of carbonyl (C=O) groups is 1. The number of fused-ring (bicyclic) bond motifs is 1. The van der Waals surface area contributed by atoms with E-state index in [1.165, 1.54) is 12.1 Å². The van der Waals surface area contributed by atoms with Crippen molar-refractivity contribution in [1.82, 2.24) is 14.5 Å². The summed E-state index contributed by atoms with van der Waals surface area (Å²) in [6, 6.07) is 14.7. The van der Waals surface area contributed by atoms with E-state index in [4.69, 9.17) is 0 Å². The van der Waals surface area contributed by atoms with Crippen molar-refractivity contribution >= 4 is 22.5 Å². The van der Waals surface area contributed by atoms with Crippen molar-refractivity contribution in [2.45, 2.75) is 6.54 Å². The van der Waals surface area contributed by atoms with E-state index in [0.29, 0.717) is 23.2 Å². The minimum Gasteiger partial charge on any atom is -0.342 e. The molecule has 0 aliphatic rings. The summed E-state index contributed by atoms with van der Waals surface area (Å²) < 4.78 is 15.3. The fourth-order valence-electron chi connectivity index (χ4n) is 3.11. The van der Waals surface area contributed by atoms with E-state index in [-0.39, 0.29) is 11.5 Å². The van der Waals surface area contributed by atoms with Crippen LogP contribution in [-0.4, -0.2) is 20.4 Å². The van der Waals surface area contributed by atoms with Gasteiger partial charge in [-0.25, -0.2) is 9.37 Å². The molecule has 0 aliphatic carbocycles. The van der Waals surface area contributed by atoms with Crippen LogP contribution in [0.25, 0.3) is 10.9 Å². The van der Waals surface area contributed by atoms with Gasteiger partial charge >= 0.3 is 0 Å². The van der Waals surface area contributed by atoms with Gasteiger partial charge in [-0.2, -0.15) is 5.26 Å². The predicted molar refractivity (Wildman–Crippen MR) is 105 cm³/mol. The van der Waals surface area contributed by atoms with Crippen LogP contribution in [0, 0.1) is 17.1 Å². The highest BCUT2D eigenvalue weighted by Gasteiger charge is 2.13. The van der Waals surface area contributed by atoms with Crippen LogP contribution in [0.5, 0.6) is 0 Å². The smallest absolute Gasteiger partial charge is 0.274 e. The van der Waals surface area contributed by atoms with E-state index < -0.39 is 11.5 Å². The number of carbonyl (C=O) groups excluding carboxylic acids is 1. The summed E-state index contributed by atoms with van der Waals surface area (Å²) in [6.45, 7) is 0.401. The molecule has 0 saturated carbocycles. The van der Waals surface area contributed by atoms with Crippen LogP contribution in [0.2, 0.25) is 0 Å². The zero-order valence-electron chi connectivity index (χ0n) is 15.0. The van der Waals surface area contributed by atoms with E-state index in [0.717, 1.165) is 23.5 Å². The molecule has 142 valence electrons. The Labute approximate surface area is 164 Å². The highest BCUT2D eigenvalue weighted by molar-refractivity contribution is 6.04. The first-order chi connectivity index (χ1) is 14.0. The first-order valence-corrected chi connectivity index (χ1v) is 8.67. The van der Waals surface area contributed by atoms with Crippen LogP contribution in [0.1, 0.15) is 21.6 Å². The maximum atomic E-state index is 13.5. The monoisotopic (exact) mass is 387 g/mol. The van der Waals surface area contributed by atoms with Crippen molar-refractivity contribution in [3.63, 3.8) is 0 Å². The van der Waals surface area contributed by atoms with Crippen LogP contribution in [-0.2, 0) is 6.54 Å². The largest absolute Gasteiger partial charge is 0.342 e. The lowest BCUT2D eigenvalue weighted by atomic mass is 10.1. The molecule has 0 unspecified atom stereocenters. The first kappa shape index (κ1) is 18.1. The number of anilines is 1. The molecule has 7 nitrogen and oxygen atoms in total. The Balaban J connectivity index is 1.66. The molecular formula is C21H14FN5O2. The minimum absolute atomic E-state index is 0.0157. The Hall–Kier alpha value is -4.25. The van der Waals surface area contributed by atoms with Gasteiger partial charge in [0.2, 0.25) is 0 Å². The third-order valence-electron chi connectivity index (χ3n) is 4.41. The van der Waals surface area contributed by atoms with E-state index in [1.54, 1.807) is 30.5 Å². The summed E-state index contributed by atoms with van der Waals surface area (Å²) in [4.78, 5) is 29.8. The average Bonchev–Trinajstić information content (AvgIpc) is 3.05. The molecule has 0 atom stereocenters. The summed E-state index contributed by atoms with van der Waals surface area (Å²) in [5.41, 5.74) is 1.99. The molecule has 0 radical (unpaired) electrons. The van der Waals surface area contributed by atoms with Gasteiger partial charge in [0.15, 0.2) is 0 Å². The van der Waals surface area contributed by atoms with Crippen LogP contribution < -0.4 is 10.9 Å². The molecule has 0 bridgehead atoms. The fraction of sp³-hybridized carbons (Fsp3) is 0.0476. The number of nitriles is 1. The average molecular weight is 387 g/mol. The lowest BCUT2D eigenvalue weighted by Crippen LogP contribution is -2.17. The highest BCUT2D eigenvalue weighted by atomic mass is 19.1. The SMILES string of the molecule is N#Cc1cn(Cc2cccc(F)c2)c2ccc(NC(=O)c3cc(=O)[nH]cn3)cc12. The lowest BCUT2D eigenvalue weighted by Gasteiger charge is -2.08. The number of hydrogen-bond acceptors (Lipinski definition) is 4. The normalized spacial score (nSPS) is 10.6. The summed E-state index contributed by atoms with van der Waals surface area (Å²) in [5, 5.41) is 12.8. The number of halogens is 1. The van der Waals surface area contributed by atoms with E-state index >= 15 is 0 Å². The van der Waals surface area contributed by atoms with Crippen LogP contribution >= 0.6 is 0 Å². The molecule has 2 N–H and O–H groups in total. The number of rotatable bonds is 4. The zero-order chi connectivity index (χ0) is 20.4. The number of aromatic amines is 1. The molecular weight excluding hydrogens is 373 g/mol. The van der Waals surface area contributed by atoms with Gasteiger partial charge in [0.1, 0.15) is 17.6 Å². The summed E-state index contributed by atoms with van der Waals surface area (Å²) in [7, 11) is 0. The highest BCUT2D eigenvalue weighted by Crippen LogP contribution is 2.26. The molecule has 8 heteroatoms. The molecule has 0 saturated heterocycles. The standard InChI is InChI=1S/C21H14FN5O2/c22-15-3-1-2-13(6-15)10-27-11-14(9-23)17-7-16(4-5-19(17)27)26-21(29)18-8-20(28)25-12-24-18/h1-8,11-12H,10H2,(H,26,29)(H,24,25,28). The van der Waals surface area contributed by atoms with Gasteiger partial charge in [-0.05, 0) is 35.9 Å². The van der Waals surface area contributed by atoms with E-state index in [1.807, 2.05) is 10.6 Å². The van der Waals surface area contributed by atoms with Crippen molar-refractivity contribution in [2.75, 3.05) is 5.32 Å². The number of nitrogens with one attached hydrogen (secondary N) is 2. The topological polar surface area (TPSA) is 104 Å². The third kappa shape index (κ3) is 3.75. The Morgan fingerprint density at radius 2 is 2.10 bits per heavy atom. The predicted octanol–water partition coefficient (Wildman–Crippen LogP) is 3.04. The molecule has 2 aromatic heterocycles. The second kappa shape index (κ2) is 7.40. The first-order valence-electron chi connectivity index (χ1n) is 8.67. The lowest BCUT2D eigenvalue weighted by molar-refractivity contribution is 0.102. The van der Waals surface area contributed by atoms with Gasteiger partial charge in [0.05, 0.1) is 11.9 Å². The summed E-state index contributed by atoms with van der Waals surface area (Å²) in [6.07, 6.45) is 2.85. The van der Waals surface area contributed by atoms with Crippen molar-refractivity contribution in [3.8, 4) is 6.07 Å². The quantitative estimate of drug-likeness (QED) is 0.562. The molecule has 4 rings (SSSR count). The Kier molecular flexibility index (Phi) is 4.63. The maximum Gasteiger partial charge on any atom is 0.274 e. The number of hydrogen-bond donors (Lipinski definition) is 2. The maximum absolute atomic E-state index is 13.5. The summed E-state index contributed by atoms with van der Waals surface area (Å²) >= 11 is 0. The number of benzene rings is 2. The van der Waals surface area contributed by atoms with Crippen molar-refractivity contribution in [1.29, 1.82) is 5.26 Å². The molecule has 0 aliphatic heterocycles. The van der Waals surface area contributed by atoms with Gasteiger partial charge < -0.3 is 14.9 Å². The van der Waals surface area contributed by atoms with Gasteiger partial charge in [-0.15, -0.1) is 0 Å². The zero-order valence-corrected chi connectivity index (χ0v) is 15.0. The minimum atomic E-state index is -0.534. The number of amides is 1. The molecule has 1 amide bonds. The Morgan fingerprint density at radius 3 is 2.86 bits per heavy atom.